The molecule has 17 heavy (non-hydrogen) atoms. The van der Waals surface area contributed by atoms with Crippen LogP contribution in [0.3, 0.4) is 0 Å². The summed E-state index contributed by atoms with van der Waals surface area (Å²) in [6.07, 6.45) is 0.795. The van der Waals surface area contributed by atoms with E-state index >= 15 is 0 Å². The molecule has 0 atom stereocenters. The number of aromatic amines is 1. The molecule has 1 N–H and O–H groups in total. The Morgan fingerprint density at radius 3 is 2.47 bits per heavy atom. The van der Waals surface area contributed by atoms with Gasteiger partial charge < -0.3 is 0 Å². The fraction of sp³-hybridized carbons (Fsp3) is 0.700. The zero-order valence-electron chi connectivity index (χ0n) is 10.3. The fourth-order valence-electron chi connectivity index (χ4n) is 1.73. The molecule has 1 aromatic heterocycles. The number of sulfonamides is 1. The molecule has 0 unspecified atom stereocenters. The number of halogens is 1. The van der Waals surface area contributed by atoms with E-state index in [4.69, 9.17) is 0 Å². The summed E-state index contributed by atoms with van der Waals surface area (Å²) < 4.78 is 26.3. The van der Waals surface area contributed by atoms with Crippen LogP contribution >= 0.6 is 15.9 Å². The van der Waals surface area contributed by atoms with Crippen LogP contribution < -0.4 is 0 Å². The molecule has 0 amide bonds. The van der Waals surface area contributed by atoms with Crippen LogP contribution in [0.25, 0.3) is 0 Å². The number of rotatable bonds is 6. The smallest absolute Gasteiger partial charge is 0.246 e. The lowest BCUT2D eigenvalue weighted by Crippen LogP contribution is -2.32. The lowest BCUT2D eigenvalue weighted by Gasteiger charge is -2.20. The normalized spacial score (nSPS) is 12.3. The zero-order valence-corrected chi connectivity index (χ0v) is 12.7. The highest BCUT2D eigenvalue weighted by atomic mass is 79.9. The summed E-state index contributed by atoms with van der Waals surface area (Å²) in [5.74, 6) is 0. The van der Waals surface area contributed by atoms with Crippen LogP contribution in [0.4, 0.5) is 0 Å². The molecule has 0 fully saturated rings. The van der Waals surface area contributed by atoms with Crippen LogP contribution in [0.15, 0.2) is 4.90 Å². The molecule has 98 valence electrons. The molecular weight excluding hydrogens is 306 g/mol. The van der Waals surface area contributed by atoms with Crippen LogP contribution in [0.1, 0.15) is 24.7 Å². The molecule has 0 radical (unpaired) electrons. The van der Waals surface area contributed by atoms with Crippen LogP contribution in [-0.2, 0) is 10.0 Å². The SMILES string of the molecule is CCN(CCCBr)S(=O)(=O)c1c(C)n[nH]c1C. The third kappa shape index (κ3) is 3.08. The molecule has 0 aliphatic rings. The van der Waals surface area contributed by atoms with Gasteiger partial charge in [0.2, 0.25) is 10.0 Å². The van der Waals surface area contributed by atoms with Crippen molar-refractivity contribution >= 4 is 26.0 Å². The third-order valence-electron chi connectivity index (χ3n) is 2.55. The average Bonchev–Trinajstić information content (AvgIpc) is 2.59. The largest absolute Gasteiger partial charge is 0.281 e. The van der Waals surface area contributed by atoms with Crippen LogP contribution in [0, 0.1) is 13.8 Å². The highest BCUT2D eigenvalue weighted by Crippen LogP contribution is 2.21. The first-order valence-corrected chi connectivity index (χ1v) is 8.09. The van der Waals surface area contributed by atoms with Gasteiger partial charge in [0.05, 0.1) is 11.4 Å². The Morgan fingerprint density at radius 1 is 1.41 bits per heavy atom. The minimum Gasteiger partial charge on any atom is -0.281 e. The number of H-pyrrole nitrogens is 1. The van der Waals surface area contributed by atoms with E-state index < -0.39 is 10.0 Å². The van der Waals surface area contributed by atoms with E-state index in [1.54, 1.807) is 13.8 Å². The Kier molecular flexibility index (Phi) is 5.15. The van der Waals surface area contributed by atoms with E-state index in [1.165, 1.54) is 4.31 Å². The molecule has 0 aliphatic heterocycles. The van der Waals surface area contributed by atoms with E-state index in [2.05, 4.69) is 26.1 Å². The molecule has 0 bridgehead atoms. The molecule has 0 aromatic carbocycles. The van der Waals surface area contributed by atoms with Crippen LogP contribution in [0.2, 0.25) is 0 Å². The van der Waals surface area contributed by atoms with Gasteiger partial charge in [-0.3, -0.25) is 5.10 Å². The summed E-state index contributed by atoms with van der Waals surface area (Å²) in [4.78, 5) is 0.314. The Bertz CT molecular complexity index is 450. The quantitative estimate of drug-likeness (QED) is 0.812. The van der Waals surface area contributed by atoms with Crippen molar-refractivity contribution < 1.29 is 8.42 Å². The minimum absolute atomic E-state index is 0.314. The summed E-state index contributed by atoms with van der Waals surface area (Å²) in [5.41, 5.74) is 1.12. The summed E-state index contributed by atoms with van der Waals surface area (Å²) in [7, 11) is -3.42. The predicted octanol–water partition coefficient (Wildman–Crippen LogP) is 1.82. The molecule has 5 nitrogen and oxygen atoms in total. The number of nitrogens with one attached hydrogen (secondary N) is 1. The van der Waals surface area contributed by atoms with Gasteiger partial charge in [-0.1, -0.05) is 22.9 Å². The van der Waals surface area contributed by atoms with Crippen molar-refractivity contribution in [2.75, 3.05) is 18.4 Å². The maximum absolute atomic E-state index is 12.4. The molecule has 1 rings (SSSR count). The Morgan fingerprint density at radius 2 is 2.06 bits per heavy atom. The average molecular weight is 324 g/mol. The van der Waals surface area contributed by atoms with Gasteiger partial charge in [0, 0.05) is 18.4 Å². The van der Waals surface area contributed by atoms with Crippen LogP contribution in [-0.4, -0.2) is 41.3 Å². The van der Waals surface area contributed by atoms with Gasteiger partial charge in [-0.25, -0.2) is 8.42 Å². The fourth-order valence-corrected chi connectivity index (χ4v) is 3.80. The number of aryl methyl sites for hydroxylation is 2. The second-order valence-electron chi connectivity index (χ2n) is 3.80. The number of alkyl halides is 1. The lowest BCUT2D eigenvalue weighted by atomic mass is 10.4. The van der Waals surface area contributed by atoms with Crippen molar-refractivity contribution in [3.8, 4) is 0 Å². The van der Waals surface area contributed by atoms with Gasteiger partial charge >= 0.3 is 0 Å². The summed E-state index contributed by atoms with van der Waals surface area (Å²) in [6.45, 7) is 6.27. The molecule has 7 heteroatoms. The second kappa shape index (κ2) is 5.97. The monoisotopic (exact) mass is 323 g/mol. The van der Waals surface area contributed by atoms with E-state index in [9.17, 15) is 8.42 Å². The standard InChI is InChI=1S/C10H18BrN3O2S/c1-4-14(7-5-6-11)17(15,16)10-8(2)12-13-9(10)3/h4-7H2,1-3H3,(H,12,13). The van der Waals surface area contributed by atoms with E-state index in [0.717, 1.165) is 11.8 Å². The van der Waals surface area contributed by atoms with Gasteiger partial charge in [0.1, 0.15) is 4.90 Å². The van der Waals surface area contributed by atoms with Gasteiger partial charge in [0.15, 0.2) is 0 Å². The first kappa shape index (κ1) is 14.7. The Balaban J connectivity index is 3.09. The minimum atomic E-state index is -3.42. The van der Waals surface area contributed by atoms with Crippen LogP contribution in [0.5, 0.6) is 0 Å². The van der Waals surface area contributed by atoms with Gasteiger partial charge in [0.25, 0.3) is 0 Å². The first-order chi connectivity index (χ1) is 7.95. The molecule has 0 saturated heterocycles. The highest BCUT2D eigenvalue weighted by molar-refractivity contribution is 9.09. The third-order valence-corrected chi connectivity index (χ3v) is 5.35. The molecule has 0 spiro atoms. The Labute approximate surface area is 111 Å². The molecule has 0 saturated carbocycles. The predicted molar refractivity (Wildman–Crippen MR) is 70.9 cm³/mol. The van der Waals surface area contributed by atoms with E-state index in [0.29, 0.717) is 29.4 Å². The maximum Gasteiger partial charge on any atom is 0.246 e. The lowest BCUT2D eigenvalue weighted by molar-refractivity contribution is 0.428. The number of hydrogen-bond acceptors (Lipinski definition) is 3. The molecule has 0 aliphatic carbocycles. The summed E-state index contributed by atoms with van der Waals surface area (Å²) in [6, 6.07) is 0. The van der Waals surface area contributed by atoms with Crippen molar-refractivity contribution in [1.82, 2.24) is 14.5 Å². The Hall–Kier alpha value is -0.400. The molecular formula is C10H18BrN3O2S. The number of aromatic nitrogens is 2. The van der Waals surface area contributed by atoms with Gasteiger partial charge in [-0.2, -0.15) is 9.40 Å². The van der Waals surface area contributed by atoms with Crippen molar-refractivity contribution in [1.29, 1.82) is 0 Å². The summed E-state index contributed by atoms with van der Waals surface area (Å²) in [5, 5.41) is 7.45. The second-order valence-corrected chi connectivity index (χ2v) is 6.47. The van der Waals surface area contributed by atoms with E-state index in [1.807, 2.05) is 6.92 Å². The highest BCUT2D eigenvalue weighted by Gasteiger charge is 2.27. The topological polar surface area (TPSA) is 66.1 Å². The zero-order chi connectivity index (χ0) is 13.1. The number of nitrogens with zero attached hydrogens (tertiary/aromatic N) is 2. The first-order valence-electron chi connectivity index (χ1n) is 5.52. The maximum atomic E-state index is 12.4. The van der Waals surface area contributed by atoms with Gasteiger partial charge in [-0.15, -0.1) is 0 Å². The van der Waals surface area contributed by atoms with Gasteiger partial charge in [-0.05, 0) is 20.3 Å². The van der Waals surface area contributed by atoms with Crippen molar-refractivity contribution in [3.63, 3.8) is 0 Å². The molecule has 1 heterocycles. The van der Waals surface area contributed by atoms with Crippen molar-refractivity contribution in [2.24, 2.45) is 0 Å². The number of hydrogen-bond donors (Lipinski definition) is 1. The summed E-state index contributed by atoms with van der Waals surface area (Å²) >= 11 is 3.31. The molecule has 1 aromatic rings. The van der Waals surface area contributed by atoms with Crippen molar-refractivity contribution in [2.45, 2.75) is 32.1 Å². The van der Waals surface area contributed by atoms with E-state index in [-0.39, 0.29) is 0 Å². The van der Waals surface area contributed by atoms with Crippen molar-refractivity contribution in [3.05, 3.63) is 11.4 Å².